The number of phenols is 1. The molecule has 0 saturated carbocycles. The lowest BCUT2D eigenvalue weighted by atomic mass is 9.78. The van der Waals surface area contributed by atoms with E-state index >= 15 is 0 Å². The summed E-state index contributed by atoms with van der Waals surface area (Å²) in [6.07, 6.45) is 0. The lowest BCUT2D eigenvalue weighted by molar-refractivity contribution is 0.0964. The van der Waals surface area contributed by atoms with Gasteiger partial charge in [0.25, 0.3) is 0 Å². The SMILES string of the molecule is CC(C)(C)c1cc(C(=O)CN2C[C@H](CN)[C@@H](c3ccccc3)/C2=N/Br)cc(C(C)(C)C)c1O. The summed E-state index contributed by atoms with van der Waals surface area (Å²) >= 11 is 3.30. The van der Waals surface area contributed by atoms with E-state index in [2.05, 4.69) is 73.8 Å². The maximum Gasteiger partial charge on any atom is 0.182 e. The number of benzene rings is 2. The van der Waals surface area contributed by atoms with Crippen LogP contribution >= 0.6 is 16.1 Å². The Labute approximate surface area is 206 Å². The molecule has 0 spiro atoms. The molecule has 0 unspecified atom stereocenters. The first-order valence-corrected chi connectivity index (χ1v) is 12.2. The van der Waals surface area contributed by atoms with Gasteiger partial charge in [-0.2, -0.15) is 4.02 Å². The van der Waals surface area contributed by atoms with E-state index in [-0.39, 0.29) is 40.7 Å². The van der Waals surface area contributed by atoms with Crippen LogP contribution in [0.5, 0.6) is 5.75 Å². The highest BCUT2D eigenvalue weighted by Crippen LogP contribution is 2.40. The molecule has 0 aliphatic carbocycles. The number of hydrogen-bond acceptors (Lipinski definition) is 4. The smallest absolute Gasteiger partial charge is 0.182 e. The number of ketones is 1. The molecule has 3 N–H and O–H groups in total. The van der Waals surface area contributed by atoms with Crippen molar-refractivity contribution < 1.29 is 9.90 Å². The number of aromatic hydroxyl groups is 1. The summed E-state index contributed by atoms with van der Waals surface area (Å²) < 4.78 is 4.41. The number of halogens is 1. The van der Waals surface area contributed by atoms with Crippen molar-refractivity contribution in [2.75, 3.05) is 19.6 Å². The van der Waals surface area contributed by atoms with Crippen LogP contribution in [0.15, 0.2) is 46.5 Å². The highest BCUT2D eigenvalue weighted by molar-refractivity contribution is 9.08. The topological polar surface area (TPSA) is 78.9 Å². The first-order chi connectivity index (χ1) is 15.4. The third-order valence-corrected chi connectivity index (χ3v) is 6.82. The largest absolute Gasteiger partial charge is 0.507 e. The molecule has 1 aliphatic heterocycles. The Morgan fingerprint density at radius 1 is 1.09 bits per heavy atom. The number of phenolic OH excluding ortho intramolecular Hbond substituents is 1. The van der Waals surface area contributed by atoms with Crippen LogP contribution in [-0.4, -0.2) is 41.3 Å². The molecule has 3 rings (SSSR count). The van der Waals surface area contributed by atoms with Gasteiger partial charge in [-0.25, -0.2) is 0 Å². The fraction of sp³-hybridized carbons (Fsp3) is 0.481. The molecule has 1 heterocycles. The zero-order valence-corrected chi connectivity index (χ0v) is 22.1. The Kier molecular flexibility index (Phi) is 7.39. The zero-order valence-electron chi connectivity index (χ0n) is 20.5. The Hall–Kier alpha value is -2.18. The number of Topliss-reactive ketones (excluding diaryl/α,β-unsaturated/α-hetero) is 1. The predicted molar refractivity (Wildman–Crippen MR) is 139 cm³/mol. The second-order valence-electron chi connectivity index (χ2n) is 11.1. The van der Waals surface area contributed by atoms with Crippen molar-refractivity contribution >= 4 is 27.8 Å². The summed E-state index contributed by atoms with van der Waals surface area (Å²) in [5.41, 5.74) is 8.88. The summed E-state index contributed by atoms with van der Waals surface area (Å²) in [5, 5.41) is 11.0. The number of rotatable bonds is 5. The minimum Gasteiger partial charge on any atom is -0.507 e. The number of carbonyl (C=O) groups excluding carboxylic acids is 1. The molecular formula is C27H36BrN3O2. The van der Waals surface area contributed by atoms with Crippen molar-refractivity contribution in [3.8, 4) is 5.75 Å². The number of carbonyl (C=O) groups is 1. The molecule has 0 bridgehead atoms. The Balaban J connectivity index is 1.97. The van der Waals surface area contributed by atoms with Gasteiger partial charge in [0.15, 0.2) is 5.78 Å². The van der Waals surface area contributed by atoms with Gasteiger partial charge in [0.1, 0.15) is 11.6 Å². The average Bonchev–Trinajstić information content (AvgIpc) is 3.09. The predicted octanol–water partition coefficient (Wildman–Crippen LogP) is 5.55. The number of hydrogen-bond donors (Lipinski definition) is 2. The fourth-order valence-corrected chi connectivity index (χ4v) is 5.08. The van der Waals surface area contributed by atoms with Crippen LogP contribution in [0.25, 0.3) is 0 Å². The summed E-state index contributed by atoms with van der Waals surface area (Å²) in [5.74, 6) is 1.33. The molecule has 2 aromatic rings. The lowest BCUT2D eigenvalue weighted by Crippen LogP contribution is -2.33. The third-order valence-electron chi connectivity index (χ3n) is 6.46. The summed E-state index contributed by atoms with van der Waals surface area (Å²) in [6, 6.07) is 13.9. The Bertz CT molecular complexity index is 1000. The van der Waals surface area contributed by atoms with E-state index in [9.17, 15) is 9.90 Å². The van der Waals surface area contributed by atoms with E-state index in [0.717, 1.165) is 22.5 Å². The van der Waals surface area contributed by atoms with E-state index < -0.39 is 0 Å². The second kappa shape index (κ2) is 9.59. The maximum absolute atomic E-state index is 13.5. The van der Waals surface area contributed by atoms with Crippen LogP contribution in [0, 0.1) is 5.92 Å². The lowest BCUT2D eigenvalue weighted by Gasteiger charge is -2.28. The molecule has 178 valence electrons. The van der Waals surface area contributed by atoms with Crippen LogP contribution in [-0.2, 0) is 10.8 Å². The second-order valence-corrected chi connectivity index (χ2v) is 11.4. The van der Waals surface area contributed by atoms with E-state index in [1.807, 2.05) is 35.2 Å². The summed E-state index contributed by atoms with van der Waals surface area (Å²) in [4.78, 5) is 15.6. The fourth-order valence-electron chi connectivity index (χ4n) is 4.64. The van der Waals surface area contributed by atoms with Gasteiger partial charge in [-0.15, -0.1) is 0 Å². The molecule has 2 aromatic carbocycles. The molecule has 2 atom stereocenters. The van der Waals surface area contributed by atoms with Gasteiger partial charge in [0.2, 0.25) is 0 Å². The molecular weight excluding hydrogens is 478 g/mol. The first-order valence-electron chi connectivity index (χ1n) is 11.5. The Morgan fingerprint density at radius 3 is 2.09 bits per heavy atom. The van der Waals surface area contributed by atoms with Gasteiger partial charge in [-0.1, -0.05) is 71.9 Å². The van der Waals surface area contributed by atoms with E-state index in [1.54, 1.807) is 0 Å². The van der Waals surface area contributed by atoms with Gasteiger partial charge in [0.05, 0.1) is 22.7 Å². The zero-order chi connectivity index (χ0) is 24.6. The summed E-state index contributed by atoms with van der Waals surface area (Å²) in [6.45, 7) is 13.7. The van der Waals surface area contributed by atoms with Gasteiger partial charge >= 0.3 is 0 Å². The van der Waals surface area contributed by atoms with Gasteiger partial charge in [-0.3, -0.25) is 4.79 Å². The van der Waals surface area contributed by atoms with Gasteiger partial charge in [0, 0.05) is 35.1 Å². The van der Waals surface area contributed by atoms with Gasteiger partial charge < -0.3 is 15.7 Å². The van der Waals surface area contributed by atoms with E-state index in [1.165, 1.54) is 0 Å². The monoisotopic (exact) mass is 513 g/mol. The standard InChI is InChI=1S/C27H36BrN3O2/c1-26(2,3)20-12-18(13-21(24(20)33)27(4,5)6)22(32)16-31-15-19(14-29)23(25(31)30-28)17-10-8-7-9-11-17/h7-13,19,23,33H,14-16,29H2,1-6H3/b30-25-/t19-,23+/m0/s1. The van der Waals surface area contributed by atoms with Crippen molar-refractivity contribution in [2.45, 2.75) is 58.3 Å². The quantitative estimate of drug-likeness (QED) is 0.513. The maximum atomic E-state index is 13.5. The molecule has 0 radical (unpaired) electrons. The normalized spacial score (nSPS) is 20.5. The number of nitrogens with zero attached hydrogens (tertiary/aromatic N) is 2. The van der Waals surface area contributed by atoms with Crippen molar-refractivity contribution in [1.29, 1.82) is 0 Å². The van der Waals surface area contributed by atoms with Crippen LogP contribution in [0.3, 0.4) is 0 Å². The Morgan fingerprint density at radius 2 is 1.64 bits per heavy atom. The van der Waals surface area contributed by atoms with E-state index in [0.29, 0.717) is 18.7 Å². The highest BCUT2D eigenvalue weighted by atomic mass is 79.9. The van der Waals surface area contributed by atoms with Crippen molar-refractivity contribution in [3.63, 3.8) is 0 Å². The third kappa shape index (κ3) is 5.33. The molecule has 33 heavy (non-hydrogen) atoms. The number of likely N-dealkylation sites (tertiary alicyclic amines) is 1. The van der Waals surface area contributed by atoms with Crippen LogP contribution in [0.2, 0.25) is 0 Å². The molecule has 1 fully saturated rings. The van der Waals surface area contributed by atoms with Crippen LogP contribution in [0.1, 0.15) is 74.5 Å². The number of amidine groups is 1. The van der Waals surface area contributed by atoms with Crippen LogP contribution < -0.4 is 5.73 Å². The molecule has 6 heteroatoms. The number of nitrogens with two attached hydrogens (primary N) is 1. The summed E-state index contributed by atoms with van der Waals surface area (Å²) in [7, 11) is 0. The van der Waals surface area contributed by atoms with Crippen molar-refractivity contribution in [1.82, 2.24) is 4.90 Å². The van der Waals surface area contributed by atoms with Crippen LogP contribution in [0.4, 0.5) is 0 Å². The average molecular weight is 515 g/mol. The van der Waals surface area contributed by atoms with Gasteiger partial charge in [-0.05, 0) is 35.1 Å². The minimum absolute atomic E-state index is 0.00383. The minimum atomic E-state index is -0.292. The first kappa shape index (κ1) is 25.4. The highest BCUT2D eigenvalue weighted by Gasteiger charge is 2.39. The van der Waals surface area contributed by atoms with Crippen molar-refractivity contribution in [2.24, 2.45) is 15.7 Å². The van der Waals surface area contributed by atoms with E-state index in [4.69, 9.17) is 5.73 Å². The molecule has 1 aliphatic rings. The molecule has 0 amide bonds. The molecule has 0 aromatic heterocycles. The molecule has 5 nitrogen and oxygen atoms in total. The molecule has 1 saturated heterocycles. The van der Waals surface area contributed by atoms with Crippen molar-refractivity contribution in [3.05, 3.63) is 64.7 Å².